The second kappa shape index (κ2) is 7.46. The highest BCUT2D eigenvalue weighted by molar-refractivity contribution is 5.87. The lowest BCUT2D eigenvalue weighted by molar-refractivity contribution is -0.133. The van der Waals surface area contributed by atoms with Crippen molar-refractivity contribution in [3.63, 3.8) is 0 Å². The highest BCUT2D eigenvalue weighted by Gasteiger charge is 2.17. The van der Waals surface area contributed by atoms with Gasteiger partial charge >= 0.3 is 0 Å². The highest BCUT2D eigenvalue weighted by Crippen LogP contribution is 2.08. The Balaban J connectivity index is 0.00000225. The third-order valence-corrected chi connectivity index (χ3v) is 2.54. The van der Waals surface area contributed by atoms with Gasteiger partial charge < -0.3 is 16.0 Å². The molecule has 16 heavy (non-hydrogen) atoms. The molecule has 1 aliphatic rings. The lowest BCUT2D eigenvalue weighted by Crippen LogP contribution is -2.46. The van der Waals surface area contributed by atoms with Gasteiger partial charge in [-0.15, -0.1) is 12.4 Å². The molecule has 0 aliphatic carbocycles. The van der Waals surface area contributed by atoms with Crippen LogP contribution in [0.25, 0.3) is 0 Å². The van der Waals surface area contributed by atoms with E-state index >= 15 is 0 Å². The molecule has 1 saturated heterocycles. The Morgan fingerprint density at radius 3 is 2.38 bits per heavy atom. The number of hydrogen-bond acceptors (Lipinski definition) is 3. The molecule has 0 aromatic carbocycles. The molecule has 0 radical (unpaired) electrons. The van der Waals surface area contributed by atoms with Crippen LogP contribution in [0.1, 0.15) is 26.2 Å². The van der Waals surface area contributed by atoms with E-state index in [2.05, 4.69) is 5.32 Å². The van der Waals surface area contributed by atoms with Crippen molar-refractivity contribution >= 4 is 24.2 Å². The highest BCUT2D eigenvalue weighted by atomic mass is 35.5. The van der Waals surface area contributed by atoms with Crippen LogP contribution in [-0.4, -0.2) is 42.4 Å². The third-order valence-electron chi connectivity index (χ3n) is 2.54. The van der Waals surface area contributed by atoms with Gasteiger partial charge in [-0.1, -0.05) is 0 Å². The molecule has 0 bridgehead atoms. The molecular formula is C10H20ClN3O2. The average Bonchev–Trinajstić information content (AvgIpc) is 2.26. The molecule has 5 nitrogen and oxygen atoms in total. The largest absolute Gasteiger partial charge is 0.346 e. The molecule has 0 aromatic rings. The Bertz CT molecular complexity index is 240. The summed E-state index contributed by atoms with van der Waals surface area (Å²) in [4.78, 5) is 24.5. The predicted octanol–water partition coefficient (Wildman–Crippen LogP) is -0.116. The molecule has 1 aliphatic heterocycles. The summed E-state index contributed by atoms with van der Waals surface area (Å²) in [5.41, 5.74) is 5.36. The van der Waals surface area contributed by atoms with Crippen molar-refractivity contribution in [2.75, 3.05) is 19.6 Å². The maximum atomic E-state index is 11.6. The van der Waals surface area contributed by atoms with Gasteiger partial charge in [-0.05, 0) is 26.2 Å². The van der Waals surface area contributed by atoms with Crippen LogP contribution in [-0.2, 0) is 9.59 Å². The second-order valence-corrected chi connectivity index (χ2v) is 3.95. The van der Waals surface area contributed by atoms with Gasteiger partial charge in [0.1, 0.15) is 0 Å². The Labute approximate surface area is 102 Å². The van der Waals surface area contributed by atoms with E-state index in [0.29, 0.717) is 0 Å². The van der Waals surface area contributed by atoms with Crippen LogP contribution in [0, 0.1) is 0 Å². The number of nitrogens with zero attached hydrogens (tertiary/aromatic N) is 1. The molecule has 0 aromatic heterocycles. The number of amides is 2. The smallest absolute Gasteiger partial charge is 0.241 e. The monoisotopic (exact) mass is 249 g/mol. The van der Waals surface area contributed by atoms with Crippen molar-refractivity contribution in [3.05, 3.63) is 0 Å². The van der Waals surface area contributed by atoms with Crippen LogP contribution in [0.2, 0.25) is 0 Å². The minimum atomic E-state index is -0.556. The minimum absolute atomic E-state index is 0. The number of hydrogen-bond donors (Lipinski definition) is 2. The molecule has 1 atom stereocenters. The first kappa shape index (κ1) is 15.2. The first-order chi connectivity index (χ1) is 7.11. The van der Waals surface area contributed by atoms with Gasteiger partial charge in [0.25, 0.3) is 0 Å². The van der Waals surface area contributed by atoms with Crippen molar-refractivity contribution in [3.8, 4) is 0 Å². The number of nitrogens with two attached hydrogens (primary N) is 1. The fourth-order valence-corrected chi connectivity index (χ4v) is 1.58. The van der Waals surface area contributed by atoms with Crippen LogP contribution < -0.4 is 11.1 Å². The number of carbonyl (C=O) groups is 2. The van der Waals surface area contributed by atoms with Gasteiger partial charge in [0.05, 0.1) is 12.6 Å². The van der Waals surface area contributed by atoms with Crippen molar-refractivity contribution in [2.24, 2.45) is 5.73 Å². The maximum Gasteiger partial charge on any atom is 0.241 e. The van der Waals surface area contributed by atoms with E-state index < -0.39 is 6.04 Å². The normalized spacial score (nSPS) is 17.2. The standard InChI is InChI=1S/C10H19N3O2.ClH/c1-8(11)10(15)12-7-9(14)13-5-3-2-4-6-13;/h8H,2-7,11H2,1H3,(H,12,15);1H/t8-;/m1./s1. The van der Waals surface area contributed by atoms with Gasteiger partial charge in [0.15, 0.2) is 0 Å². The topological polar surface area (TPSA) is 75.4 Å². The summed E-state index contributed by atoms with van der Waals surface area (Å²) < 4.78 is 0. The zero-order valence-electron chi connectivity index (χ0n) is 9.57. The summed E-state index contributed by atoms with van der Waals surface area (Å²) >= 11 is 0. The van der Waals surface area contributed by atoms with Crippen LogP contribution in [0.15, 0.2) is 0 Å². The van der Waals surface area contributed by atoms with Gasteiger partial charge in [0.2, 0.25) is 11.8 Å². The molecule has 0 unspecified atom stereocenters. The van der Waals surface area contributed by atoms with Gasteiger partial charge in [-0.2, -0.15) is 0 Å². The van der Waals surface area contributed by atoms with E-state index in [0.717, 1.165) is 25.9 Å². The Hall–Kier alpha value is -0.810. The number of likely N-dealkylation sites (tertiary alicyclic amines) is 1. The van der Waals surface area contributed by atoms with E-state index in [-0.39, 0.29) is 30.8 Å². The summed E-state index contributed by atoms with van der Waals surface area (Å²) in [7, 11) is 0. The van der Waals surface area contributed by atoms with Crippen LogP contribution in [0.3, 0.4) is 0 Å². The van der Waals surface area contributed by atoms with Crippen LogP contribution >= 0.6 is 12.4 Å². The summed E-state index contributed by atoms with van der Waals surface area (Å²) in [5, 5.41) is 2.52. The molecule has 6 heteroatoms. The molecule has 1 rings (SSSR count). The number of rotatable bonds is 3. The predicted molar refractivity (Wildman–Crippen MR) is 64.3 cm³/mol. The number of piperidine rings is 1. The lowest BCUT2D eigenvalue weighted by atomic mass is 10.1. The molecule has 1 fully saturated rings. The van der Waals surface area contributed by atoms with Crippen molar-refractivity contribution < 1.29 is 9.59 Å². The molecular weight excluding hydrogens is 230 g/mol. The maximum absolute atomic E-state index is 11.6. The van der Waals surface area contributed by atoms with Gasteiger partial charge in [-0.25, -0.2) is 0 Å². The molecule has 3 N–H and O–H groups in total. The van der Waals surface area contributed by atoms with Gasteiger partial charge in [-0.3, -0.25) is 9.59 Å². The molecule has 0 saturated carbocycles. The van der Waals surface area contributed by atoms with Crippen molar-refractivity contribution in [1.29, 1.82) is 0 Å². The third kappa shape index (κ3) is 4.81. The minimum Gasteiger partial charge on any atom is -0.346 e. The number of carbonyl (C=O) groups excluding carboxylic acids is 2. The van der Waals surface area contributed by atoms with E-state index in [1.807, 2.05) is 0 Å². The Morgan fingerprint density at radius 1 is 1.31 bits per heavy atom. The van der Waals surface area contributed by atoms with E-state index in [9.17, 15) is 9.59 Å². The summed E-state index contributed by atoms with van der Waals surface area (Å²) in [6.07, 6.45) is 3.32. The Kier molecular flexibility index (Phi) is 7.08. The summed E-state index contributed by atoms with van der Waals surface area (Å²) in [5.74, 6) is -0.288. The van der Waals surface area contributed by atoms with E-state index in [4.69, 9.17) is 5.73 Å². The fraction of sp³-hybridized carbons (Fsp3) is 0.800. The van der Waals surface area contributed by atoms with Gasteiger partial charge in [0, 0.05) is 13.1 Å². The zero-order chi connectivity index (χ0) is 11.3. The fourth-order valence-electron chi connectivity index (χ4n) is 1.58. The van der Waals surface area contributed by atoms with Crippen molar-refractivity contribution in [2.45, 2.75) is 32.2 Å². The number of halogens is 1. The van der Waals surface area contributed by atoms with E-state index in [1.54, 1.807) is 11.8 Å². The summed E-state index contributed by atoms with van der Waals surface area (Å²) in [6, 6.07) is -0.556. The molecule has 1 heterocycles. The van der Waals surface area contributed by atoms with Crippen LogP contribution in [0.4, 0.5) is 0 Å². The van der Waals surface area contributed by atoms with E-state index in [1.165, 1.54) is 6.42 Å². The Morgan fingerprint density at radius 2 is 1.88 bits per heavy atom. The average molecular weight is 250 g/mol. The quantitative estimate of drug-likeness (QED) is 0.733. The number of nitrogens with one attached hydrogen (secondary N) is 1. The zero-order valence-corrected chi connectivity index (χ0v) is 10.4. The molecule has 2 amide bonds. The summed E-state index contributed by atoms with van der Waals surface area (Å²) in [6.45, 7) is 3.29. The molecule has 94 valence electrons. The molecule has 0 spiro atoms. The van der Waals surface area contributed by atoms with Crippen molar-refractivity contribution in [1.82, 2.24) is 10.2 Å². The SMILES string of the molecule is C[C@@H](N)C(=O)NCC(=O)N1CCCCC1.Cl. The first-order valence-corrected chi connectivity index (χ1v) is 5.42. The van der Waals surface area contributed by atoms with Crippen LogP contribution in [0.5, 0.6) is 0 Å². The second-order valence-electron chi connectivity index (χ2n) is 3.95. The lowest BCUT2D eigenvalue weighted by Gasteiger charge is -2.26. The first-order valence-electron chi connectivity index (χ1n) is 5.42.